The molecule has 0 aromatic heterocycles. The Balaban J connectivity index is 1.60. The summed E-state index contributed by atoms with van der Waals surface area (Å²) in [4.78, 5) is 12.8. The van der Waals surface area contributed by atoms with Crippen LogP contribution in [0.5, 0.6) is 0 Å². The molecule has 33 heavy (non-hydrogen) atoms. The van der Waals surface area contributed by atoms with E-state index < -0.39 is 11.4 Å². The highest BCUT2D eigenvalue weighted by atomic mass is 16.4. The number of hydrogen-bond donors (Lipinski definition) is 2. The van der Waals surface area contributed by atoms with Crippen LogP contribution in [0.1, 0.15) is 113 Å². The maximum absolute atomic E-state index is 12.8. The first kappa shape index (κ1) is 23.9. The van der Waals surface area contributed by atoms with Crippen molar-refractivity contribution in [2.45, 2.75) is 119 Å². The number of hydrogen-bond acceptors (Lipinski definition) is 2. The van der Waals surface area contributed by atoms with Gasteiger partial charge in [-0.2, -0.15) is 0 Å². The largest absolute Gasteiger partial charge is 0.481 e. The summed E-state index contributed by atoms with van der Waals surface area (Å²) in [5, 5.41) is 21.4. The molecule has 4 saturated carbocycles. The summed E-state index contributed by atoms with van der Waals surface area (Å²) in [6, 6.07) is 0. The van der Waals surface area contributed by atoms with Crippen molar-refractivity contribution in [3.05, 3.63) is 11.6 Å². The zero-order valence-electron chi connectivity index (χ0n) is 22.3. The number of aliphatic hydroxyl groups excluding tert-OH is 1. The highest BCUT2D eigenvalue weighted by Gasteiger charge is 2.69. The summed E-state index contributed by atoms with van der Waals surface area (Å²) in [6.07, 6.45) is 12.6. The maximum atomic E-state index is 12.8. The predicted octanol–water partition coefficient (Wildman–Crippen LogP) is 7.23. The average Bonchev–Trinajstić information content (AvgIpc) is 2.71. The van der Waals surface area contributed by atoms with Crippen molar-refractivity contribution in [3.63, 3.8) is 0 Å². The van der Waals surface area contributed by atoms with Gasteiger partial charge in [0.15, 0.2) is 0 Å². The van der Waals surface area contributed by atoms with Crippen LogP contribution in [0.2, 0.25) is 0 Å². The van der Waals surface area contributed by atoms with E-state index in [1.54, 1.807) is 0 Å². The van der Waals surface area contributed by atoms with Gasteiger partial charge in [-0.05, 0) is 109 Å². The Morgan fingerprint density at radius 2 is 1.55 bits per heavy atom. The molecule has 0 spiro atoms. The second-order valence-electron chi connectivity index (χ2n) is 15.1. The van der Waals surface area contributed by atoms with E-state index in [4.69, 9.17) is 0 Å². The molecule has 4 fully saturated rings. The highest BCUT2D eigenvalue weighted by Crippen LogP contribution is 2.75. The molecule has 0 amide bonds. The monoisotopic (exact) mass is 456 g/mol. The highest BCUT2D eigenvalue weighted by molar-refractivity contribution is 5.76. The van der Waals surface area contributed by atoms with Gasteiger partial charge in [-0.1, -0.05) is 60.1 Å². The summed E-state index contributed by atoms with van der Waals surface area (Å²) in [6.45, 7) is 16.9. The van der Waals surface area contributed by atoms with Gasteiger partial charge in [0.2, 0.25) is 0 Å². The quantitative estimate of drug-likeness (QED) is 0.409. The van der Waals surface area contributed by atoms with Crippen LogP contribution in [0.3, 0.4) is 0 Å². The van der Waals surface area contributed by atoms with E-state index in [1.165, 1.54) is 18.4 Å². The van der Waals surface area contributed by atoms with Gasteiger partial charge in [0.25, 0.3) is 0 Å². The van der Waals surface area contributed by atoms with Crippen molar-refractivity contribution in [1.82, 2.24) is 0 Å². The number of carbonyl (C=O) groups is 1. The summed E-state index contributed by atoms with van der Waals surface area (Å²) in [5.41, 5.74) is 1.68. The maximum Gasteiger partial charge on any atom is 0.310 e. The summed E-state index contributed by atoms with van der Waals surface area (Å²) in [7, 11) is 0. The molecule has 0 bridgehead atoms. The first-order valence-electron chi connectivity index (χ1n) is 13.8. The molecular formula is C30H48O3. The van der Waals surface area contributed by atoms with Crippen molar-refractivity contribution in [3.8, 4) is 0 Å². The lowest BCUT2D eigenvalue weighted by atomic mass is 9.33. The van der Waals surface area contributed by atoms with Crippen molar-refractivity contribution in [2.75, 3.05) is 0 Å². The van der Waals surface area contributed by atoms with Crippen LogP contribution < -0.4 is 0 Å². The molecule has 0 heterocycles. The lowest BCUT2D eigenvalue weighted by molar-refractivity contribution is -0.205. The lowest BCUT2D eigenvalue weighted by Crippen LogP contribution is -2.65. The smallest absolute Gasteiger partial charge is 0.310 e. The van der Waals surface area contributed by atoms with Crippen LogP contribution in [0.4, 0.5) is 0 Å². The standard InChI is InChI=1S/C30H48O3/c1-25(2)14-16-30(24(32)33)17-15-28(6)19(20(30)18-25)8-9-22-27(5)12-11-23(31)26(3,4)21(27)10-13-29(22,28)7/h8,20-23,31H,9-18H2,1-7H3,(H,32,33)/t20-,21?,22-,23?,27+,28-,29-,30+/m1/s1. The summed E-state index contributed by atoms with van der Waals surface area (Å²) in [5.74, 6) is 0.807. The second kappa shape index (κ2) is 6.89. The summed E-state index contributed by atoms with van der Waals surface area (Å²) >= 11 is 0. The lowest BCUT2D eigenvalue weighted by Gasteiger charge is -2.71. The Kier molecular flexibility index (Phi) is 4.99. The normalized spacial score (nSPS) is 52.4. The second-order valence-corrected chi connectivity index (χ2v) is 15.1. The van der Waals surface area contributed by atoms with Crippen molar-refractivity contribution < 1.29 is 15.0 Å². The third-order valence-electron chi connectivity index (χ3n) is 13.0. The van der Waals surface area contributed by atoms with Gasteiger partial charge in [0.05, 0.1) is 11.5 Å². The molecule has 2 unspecified atom stereocenters. The molecule has 5 aliphatic carbocycles. The van der Waals surface area contributed by atoms with Crippen molar-refractivity contribution >= 4 is 5.97 Å². The minimum absolute atomic E-state index is 0.0301. The molecule has 186 valence electrons. The van der Waals surface area contributed by atoms with Gasteiger partial charge in [-0.3, -0.25) is 4.79 Å². The molecule has 3 heteroatoms. The molecule has 5 aliphatic rings. The van der Waals surface area contributed by atoms with E-state index in [-0.39, 0.29) is 39.1 Å². The topological polar surface area (TPSA) is 57.5 Å². The molecule has 0 aliphatic heterocycles. The van der Waals surface area contributed by atoms with Crippen molar-refractivity contribution in [1.29, 1.82) is 0 Å². The van der Waals surface area contributed by atoms with Crippen LogP contribution in [0, 0.1) is 50.2 Å². The van der Waals surface area contributed by atoms with Gasteiger partial charge < -0.3 is 10.2 Å². The molecule has 3 nitrogen and oxygen atoms in total. The molecule has 0 aromatic rings. The van der Waals surface area contributed by atoms with E-state index >= 15 is 0 Å². The predicted molar refractivity (Wildman–Crippen MR) is 133 cm³/mol. The van der Waals surface area contributed by atoms with Crippen LogP contribution in [-0.4, -0.2) is 22.3 Å². The van der Waals surface area contributed by atoms with Gasteiger partial charge in [0.1, 0.15) is 0 Å². The van der Waals surface area contributed by atoms with Crippen LogP contribution in [-0.2, 0) is 4.79 Å². The van der Waals surface area contributed by atoms with Gasteiger partial charge >= 0.3 is 5.97 Å². The van der Waals surface area contributed by atoms with E-state index in [2.05, 4.69) is 54.5 Å². The molecular weight excluding hydrogens is 408 g/mol. The SMILES string of the molecule is CC1(C)CC[C@]2(C(=O)O)CC[C@]3(C)C(=CC[C@@H]4[C@@]5(C)CCC(O)C(C)(C)C5CC[C@]43C)[C@H]2C1. The Bertz CT molecular complexity index is 885. The van der Waals surface area contributed by atoms with E-state index in [9.17, 15) is 15.0 Å². The fraction of sp³-hybridized carbons (Fsp3) is 0.900. The van der Waals surface area contributed by atoms with Gasteiger partial charge in [-0.25, -0.2) is 0 Å². The third-order valence-corrected chi connectivity index (χ3v) is 13.0. The van der Waals surface area contributed by atoms with E-state index in [1.807, 2.05) is 0 Å². The number of allylic oxidation sites excluding steroid dienone is 2. The molecule has 5 rings (SSSR count). The number of carboxylic acids is 1. The fourth-order valence-corrected chi connectivity index (χ4v) is 10.6. The number of fused-ring (bicyclic) bond motifs is 7. The number of aliphatic hydroxyl groups is 1. The van der Waals surface area contributed by atoms with Crippen molar-refractivity contribution in [2.24, 2.45) is 50.2 Å². The zero-order valence-corrected chi connectivity index (χ0v) is 22.3. The molecule has 0 saturated heterocycles. The Hall–Kier alpha value is -0.830. The van der Waals surface area contributed by atoms with Crippen LogP contribution >= 0.6 is 0 Å². The average molecular weight is 457 g/mol. The Morgan fingerprint density at radius 1 is 0.879 bits per heavy atom. The minimum atomic E-state index is -0.553. The Morgan fingerprint density at radius 3 is 2.21 bits per heavy atom. The Labute approximate surface area is 201 Å². The number of aliphatic carboxylic acids is 1. The fourth-order valence-electron chi connectivity index (χ4n) is 10.6. The molecule has 0 aromatic carbocycles. The first-order valence-corrected chi connectivity index (χ1v) is 13.8. The first-order chi connectivity index (χ1) is 15.1. The zero-order chi connectivity index (χ0) is 24.2. The summed E-state index contributed by atoms with van der Waals surface area (Å²) < 4.78 is 0. The van der Waals surface area contributed by atoms with Gasteiger partial charge in [0, 0.05) is 0 Å². The number of rotatable bonds is 1. The van der Waals surface area contributed by atoms with E-state index in [0.29, 0.717) is 11.8 Å². The van der Waals surface area contributed by atoms with E-state index in [0.717, 1.165) is 51.4 Å². The van der Waals surface area contributed by atoms with Gasteiger partial charge in [-0.15, -0.1) is 0 Å². The molecule has 2 N–H and O–H groups in total. The molecule has 0 radical (unpaired) electrons. The van der Waals surface area contributed by atoms with Crippen LogP contribution in [0.25, 0.3) is 0 Å². The third kappa shape index (κ3) is 2.87. The van der Waals surface area contributed by atoms with Crippen LogP contribution in [0.15, 0.2) is 11.6 Å². The number of carboxylic acid groups (broad SMARTS) is 1. The minimum Gasteiger partial charge on any atom is -0.481 e. The molecule has 8 atom stereocenters.